The highest BCUT2D eigenvalue weighted by molar-refractivity contribution is 4.85. The highest BCUT2D eigenvalue weighted by Crippen LogP contribution is 2.29. The van der Waals surface area contributed by atoms with Crippen molar-refractivity contribution in [2.24, 2.45) is 11.3 Å². The standard InChI is InChI=1S/C19H42N2/c1-8-13-20-15-19(11-4,12-5)16-21(14-17(6)7)18(9-2)10-3/h17-18,20H,8-16H2,1-7H3. The minimum atomic E-state index is 0.437. The summed E-state index contributed by atoms with van der Waals surface area (Å²) in [6, 6.07) is 0.746. The van der Waals surface area contributed by atoms with Gasteiger partial charge in [0.15, 0.2) is 0 Å². The number of nitrogens with one attached hydrogen (secondary N) is 1. The van der Waals surface area contributed by atoms with E-state index in [4.69, 9.17) is 0 Å². The van der Waals surface area contributed by atoms with Crippen molar-refractivity contribution >= 4 is 0 Å². The Bertz CT molecular complexity index is 230. The van der Waals surface area contributed by atoms with Crippen LogP contribution in [0.4, 0.5) is 0 Å². The van der Waals surface area contributed by atoms with E-state index in [2.05, 4.69) is 58.7 Å². The highest BCUT2D eigenvalue weighted by Gasteiger charge is 2.30. The van der Waals surface area contributed by atoms with Crippen LogP contribution in [0.2, 0.25) is 0 Å². The van der Waals surface area contributed by atoms with Gasteiger partial charge in [-0.1, -0.05) is 48.5 Å². The fourth-order valence-electron chi connectivity index (χ4n) is 3.36. The summed E-state index contributed by atoms with van der Waals surface area (Å²) in [5, 5.41) is 3.68. The van der Waals surface area contributed by atoms with Gasteiger partial charge in [-0.05, 0) is 50.0 Å². The second kappa shape index (κ2) is 11.5. The van der Waals surface area contributed by atoms with Crippen molar-refractivity contribution in [3.63, 3.8) is 0 Å². The van der Waals surface area contributed by atoms with E-state index in [0.29, 0.717) is 5.41 Å². The Balaban J connectivity index is 4.92. The fraction of sp³-hybridized carbons (Fsp3) is 1.00. The maximum atomic E-state index is 3.68. The van der Waals surface area contributed by atoms with Gasteiger partial charge in [-0.25, -0.2) is 0 Å². The topological polar surface area (TPSA) is 15.3 Å². The molecule has 0 aliphatic carbocycles. The monoisotopic (exact) mass is 298 g/mol. The predicted octanol–water partition coefficient (Wildman–Crippen LogP) is 4.94. The molecule has 0 heterocycles. The molecule has 0 amide bonds. The van der Waals surface area contributed by atoms with E-state index in [9.17, 15) is 0 Å². The van der Waals surface area contributed by atoms with Gasteiger partial charge in [0.1, 0.15) is 0 Å². The van der Waals surface area contributed by atoms with Gasteiger partial charge in [0.2, 0.25) is 0 Å². The largest absolute Gasteiger partial charge is 0.316 e. The van der Waals surface area contributed by atoms with Gasteiger partial charge in [0.25, 0.3) is 0 Å². The van der Waals surface area contributed by atoms with E-state index < -0.39 is 0 Å². The zero-order valence-corrected chi connectivity index (χ0v) is 16.0. The smallest absolute Gasteiger partial charge is 0.00903 e. The molecule has 21 heavy (non-hydrogen) atoms. The van der Waals surface area contributed by atoms with Gasteiger partial charge in [0, 0.05) is 25.7 Å². The summed E-state index contributed by atoms with van der Waals surface area (Å²) in [6.07, 6.45) is 6.32. The Labute approximate surface area is 135 Å². The normalized spacial score (nSPS) is 12.9. The quantitative estimate of drug-likeness (QED) is 0.485. The summed E-state index contributed by atoms with van der Waals surface area (Å²) >= 11 is 0. The Kier molecular flexibility index (Phi) is 11.4. The molecule has 0 spiro atoms. The molecule has 0 aromatic rings. The molecular weight excluding hydrogens is 256 g/mol. The minimum absolute atomic E-state index is 0.437. The first-order valence-corrected chi connectivity index (χ1v) is 9.43. The number of hydrogen-bond acceptors (Lipinski definition) is 2. The van der Waals surface area contributed by atoms with Crippen LogP contribution in [0.25, 0.3) is 0 Å². The molecule has 1 N–H and O–H groups in total. The van der Waals surface area contributed by atoms with Gasteiger partial charge in [-0.2, -0.15) is 0 Å². The van der Waals surface area contributed by atoms with Crippen LogP contribution in [-0.4, -0.2) is 37.1 Å². The lowest BCUT2D eigenvalue weighted by molar-refractivity contribution is 0.0827. The molecule has 0 aromatic carbocycles. The van der Waals surface area contributed by atoms with Crippen LogP contribution in [0.15, 0.2) is 0 Å². The van der Waals surface area contributed by atoms with E-state index in [1.54, 1.807) is 0 Å². The Hall–Kier alpha value is -0.0800. The molecule has 0 rings (SSSR count). The van der Waals surface area contributed by atoms with E-state index in [0.717, 1.165) is 18.5 Å². The summed E-state index contributed by atoms with van der Waals surface area (Å²) < 4.78 is 0. The number of rotatable bonds is 13. The van der Waals surface area contributed by atoms with E-state index >= 15 is 0 Å². The van der Waals surface area contributed by atoms with Crippen molar-refractivity contribution in [3.8, 4) is 0 Å². The predicted molar refractivity (Wildman–Crippen MR) is 97.0 cm³/mol. The summed E-state index contributed by atoms with van der Waals surface area (Å²) in [5.74, 6) is 0.751. The fourth-order valence-corrected chi connectivity index (χ4v) is 3.36. The van der Waals surface area contributed by atoms with Crippen LogP contribution in [0, 0.1) is 11.3 Å². The first-order valence-electron chi connectivity index (χ1n) is 9.43. The highest BCUT2D eigenvalue weighted by atomic mass is 15.2. The van der Waals surface area contributed by atoms with E-state index in [1.165, 1.54) is 51.7 Å². The second-order valence-corrected chi connectivity index (χ2v) is 7.18. The molecule has 2 heteroatoms. The Morgan fingerprint density at radius 1 is 0.952 bits per heavy atom. The molecule has 0 aliphatic heterocycles. The molecule has 0 bridgehead atoms. The summed E-state index contributed by atoms with van der Waals surface area (Å²) in [5.41, 5.74) is 0.437. The molecule has 0 radical (unpaired) electrons. The van der Waals surface area contributed by atoms with E-state index in [1.807, 2.05) is 0 Å². The van der Waals surface area contributed by atoms with Crippen molar-refractivity contribution < 1.29 is 0 Å². The van der Waals surface area contributed by atoms with Crippen molar-refractivity contribution in [1.29, 1.82) is 0 Å². The zero-order valence-electron chi connectivity index (χ0n) is 16.0. The molecule has 128 valence electrons. The van der Waals surface area contributed by atoms with Gasteiger partial charge < -0.3 is 5.32 Å². The van der Waals surface area contributed by atoms with Crippen LogP contribution in [-0.2, 0) is 0 Å². The third-order valence-corrected chi connectivity index (χ3v) is 5.02. The molecule has 0 unspecified atom stereocenters. The number of hydrogen-bond donors (Lipinski definition) is 1. The molecule has 0 aromatic heterocycles. The summed E-state index contributed by atoms with van der Waals surface area (Å²) in [4.78, 5) is 2.78. The molecule has 0 saturated heterocycles. The lowest BCUT2D eigenvalue weighted by Gasteiger charge is -2.41. The van der Waals surface area contributed by atoms with Gasteiger partial charge in [-0.3, -0.25) is 4.90 Å². The lowest BCUT2D eigenvalue weighted by atomic mass is 9.80. The van der Waals surface area contributed by atoms with Crippen molar-refractivity contribution in [3.05, 3.63) is 0 Å². The SMILES string of the molecule is CCCNCC(CC)(CC)CN(CC(C)C)C(CC)CC. The minimum Gasteiger partial charge on any atom is -0.316 e. The third-order valence-electron chi connectivity index (χ3n) is 5.02. The maximum Gasteiger partial charge on any atom is 0.00903 e. The maximum absolute atomic E-state index is 3.68. The van der Waals surface area contributed by atoms with Crippen molar-refractivity contribution in [1.82, 2.24) is 10.2 Å². The zero-order chi connectivity index (χ0) is 16.3. The van der Waals surface area contributed by atoms with Gasteiger partial charge >= 0.3 is 0 Å². The second-order valence-electron chi connectivity index (χ2n) is 7.18. The van der Waals surface area contributed by atoms with Gasteiger partial charge in [0.05, 0.1) is 0 Å². The van der Waals surface area contributed by atoms with E-state index in [-0.39, 0.29) is 0 Å². The van der Waals surface area contributed by atoms with Crippen LogP contribution in [0.1, 0.15) is 80.6 Å². The molecule has 0 saturated carbocycles. The van der Waals surface area contributed by atoms with Crippen LogP contribution in [0.5, 0.6) is 0 Å². The number of nitrogens with zero attached hydrogens (tertiary/aromatic N) is 1. The lowest BCUT2D eigenvalue weighted by Crippen LogP contribution is -2.48. The first-order chi connectivity index (χ1) is 9.98. The molecule has 2 nitrogen and oxygen atoms in total. The molecule has 0 fully saturated rings. The van der Waals surface area contributed by atoms with Gasteiger partial charge in [-0.15, -0.1) is 0 Å². The first kappa shape index (κ1) is 20.9. The van der Waals surface area contributed by atoms with Crippen LogP contribution in [0.3, 0.4) is 0 Å². The molecule has 0 aliphatic rings. The van der Waals surface area contributed by atoms with Crippen LogP contribution < -0.4 is 5.32 Å². The average Bonchev–Trinajstić information content (AvgIpc) is 2.47. The molecular formula is C19H42N2. The Morgan fingerprint density at radius 3 is 1.90 bits per heavy atom. The van der Waals surface area contributed by atoms with Crippen LogP contribution >= 0.6 is 0 Å². The Morgan fingerprint density at radius 2 is 1.52 bits per heavy atom. The van der Waals surface area contributed by atoms with Crippen molar-refractivity contribution in [2.45, 2.75) is 86.6 Å². The average molecular weight is 299 g/mol. The summed E-state index contributed by atoms with van der Waals surface area (Å²) in [7, 11) is 0. The summed E-state index contributed by atoms with van der Waals surface area (Å²) in [6.45, 7) is 21.2. The molecule has 0 atom stereocenters. The van der Waals surface area contributed by atoms with Crippen molar-refractivity contribution in [2.75, 3.05) is 26.2 Å². The third kappa shape index (κ3) is 7.65.